The van der Waals surface area contributed by atoms with Gasteiger partial charge in [0.05, 0.1) is 0 Å². The van der Waals surface area contributed by atoms with Crippen LogP contribution in [0, 0.1) is 6.92 Å². The van der Waals surface area contributed by atoms with Crippen molar-refractivity contribution in [2.45, 2.75) is 11.3 Å². The molecular formula is C4H5KN2O2S2. The first-order chi connectivity index (χ1) is 4.50. The molecule has 1 rings (SSSR count). The molecule has 1 aromatic rings. The van der Waals surface area contributed by atoms with Gasteiger partial charge in [0.1, 0.15) is 10.0 Å². The molecule has 0 aliphatic heterocycles. The second-order valence-corrected chi connectivity index (χ2v) is 4.63. The van der Waals surface area contributed by atoms with Gasteiger partial charge in [0.25, 0.3) is 0 Å². The van der Waals surface area contributed by atoms with Crippen LogP contribution >= 0.6 is 11.3 Å². The summed E-state index contributed by atoms with van der Waals surface area (Å²) in [6.07, 6.45) is 1.44. The summed E-state index contributed by atoms with van der Waals surface area (Å²) in [6.45, 7) is 1.74. The van der Waals surface area contributed by atoms with Gasteiger partial charge in [-0.1, -0.05) is 0 Å². The van der Waals surface area contributed by atoms with E-state index in [-0.39, 0.29) is 55.7 Å². The molecule has 0 fully saturated rings. The standard InChI is InChI=1S/C4H5N2O2S2.K/c1-3-2-6-4(9-3)10(5,7)8;/h2H,1H3,(H-,5,7,8);/q-1;+1. The number of aryl methyl sites for hydroxylation is 1. The molecule has 1 N–H and O–H groups in total. The molecule has 1 aromatic heterocycles. The van der Waals surface area contributed by atoms with E-state index in [2.05, 4.69) is 4.98 Å². The van der Waals surface area contributed by atoms with Crippen LogP contribution in [0.5, 0.6) is 0 Å². The number of nitrogens with one attached hydrogen (secondary N) is 1. The van der Waals surface area contributed by atoms with Crippen LogP contribution in [0.15, 0.2) is 10.5 Å². The summed E-state index contributed by atoms with van der Waals surface area (Å²) in [5.41, 5.74) is 0. The van der Waals surface area contributed by atoms with Crippen molar-refractivity contribution in [1.29, 1.82) is 0 Å². The zero-order valence-corrected chi connectivity index (χ0v) is 10.9. The third-order valence-electron chi connectivity index (χ3n) is 0.830. The maximum Gasteiger partial charge on any atom is 1.00 e. The quantitative estimate of drug-likeness (QED) is 0.520. The van der Waals surface area contributed by atoms with E-state index in [0.717, 1.165) is 16.2 Å². The van der Waals surface area contributed by atoms with E-state index in [4.69, 9.17) is 5.14 Å². The van der Waals surface area contributed by atoms with Gasteiger partial charge in [-0.2, -0.15) is 0 Å². The molecule has 0 unspecified atom stereocenters. The Morgan fingerprint density at radius 3 is 2.36 bits per heavy atom. The SMILES string of the molecule is Cc1cnc(S([NH-])(=O)=O)s1.[K+]. The Bertz CT molecular complexity index is 332. The second kappa shape index (κ2) is 4.42. The fourth-order valence-electron chi connectivity index (χ4n) is 0.458. The maximum atomic E-state index is 10.5. The van der Waals surface area contributed by atoms with E-state index in [9.17, 15) is 8.42 Å². The molecule has 56 valence electrons. The van der Waals surface area contributed by atoms with Gasteiger partial charge in [-0.05, 0) is 6.92 Å². The monoisotopic (exact) mass is 216 g/mol. The van der Waals surface area contributed by atoms with Crippen LogP contribution in [0.4, 0.5) is 0 Å². The summed E-state index contributed by atoms with van der Waals surface area (Å²) in [4.78, 5) is 4.33. The van der Waals surface area contributed by atoms with Crippen molar-refractivity contribution in [2.75, 3.05) is 0 Å². The predicted octanol–water partition coefficient (Wildman–Crippen LogP) is -1.80. The fraction of sp³-hybridized carbons (Fsp3) is 0.250. The second-order valence-electron chi connectivity index (χ2n) is 1.74. The number of nitrogens with zero attached hydrogens (tertiary/aromatic N) is 1. The summed E-state index contributed by atoms with van der Waals surface area (Å²) >= 11 is 1.01. The van der Waals surface area contributed by atoms with E-state index in [1.54, 1.807) is 6.92 Å². The summed E-state index contributed by atoms with van der Waals surface area (Å²) < 4.78 is 20.8. The first kappa shape index (κ1) is 12.2. The molecule has 1 heterocycles. The summed E-state index contributed by atoms with van der Waals surface area (Å²) in [5, 5.41) is 6.61. The van der Waals surface area contributed by atoms with Crippen molar-refractivity contribution in [1.82, 2.24) is 4.98 Å². The van der Waals surface area contributed by atoms with E-state index in [1.165, 1.54) is 6.20 Å². The van der Waals surface area contributed by atoms with Crippen LogP contribution in [-0.4, -0.2) is 13.4 Å². The predicted molar refractivity (Wildman–Crippen MR) is 38.4 cm³/mol. The molecule has 0 atom stereocenters. The zero-order valence-electron chi connectivity index (χ0n) is 6.16. The number of hydrogen-bond donors (Lipinski definition) is 0. The molecule has 0 saturated heterocycles. The minimum Gasteiger partial charge on any atom is -0.558 e. The van der Waals surface area contributed by atoms with Gasteiger partial charge in [0.15, 0.2) is 4.34 Å². The molecule has 4 nitrogen and oxygen atoms in total. The average molecular weight is 216 g/mol. The molecule has 0 amide bonds. The van der Waals surface area contributed by atoms with Gasteiger partial charge < -0.3 is 5.14 Å². The molecule has 0 bridgehead atoms. The van der Waals surface area contributed by atoms with Gasteiger partial charge in [-0.3, -0.25) is 0 Å². The van der Waals surface area contributed by atoms with E-state index >= 15 is 0 Å². The molecular weight excluding hydrogens is 211 g/mol. The van der Waals surface area contributed by atoms with Gasteiger partial charge in [0, 0.05) is 11.1 Å². The van der Waals surface area contributed by atoms with Gasteiger partial charge in [-0.25, -0.2) is 13.4 Å². The van der Waals surface area contributed by atoms with Crippen LogP contribution in [0.25, 0.3) is 5.14 Å². The van der Waals surface area contributed by atoms with Crippen molar-refractivity contribution in [3.8, 4) is 0 Å². The van der Waals surface area contributed by atoms with Crippen molar-refractivity contribution < 1.29 is 59.8 Å². The Hall–Kier alpha value is 1.18. The molecule has 0 aliphatic carbocycles. The average Bonchev–Trinajstić information content (AvgIpc) is 2.11. The Morgan fingerprint density at radius 1 is 1.64 bits per heavy atom. The number of hydrogen-bond acceptors (Lipinski definition) is 4. The van der Waals surface area contributed by atoms with Crippen LogP contribution in [0.1, 0.15) is 4.88 Å². The largest absolute Gasteiger partial charge is 1.00 e. The van der Waals surface area contributed by atoms with E-state index in [1.807, 2.05) is 0 Å². The zero-order chi connectivity index (χ0) is 7.78. The first-order valence-electron chi connectivity index (χ1n) is 2.42. The van der Waals surface area contributed by atoms with Crippen LogP contribution < -0.4 is 51.4 Å². The van der Waals surface area contributed by atoms with Crippen molar-refractivity contribution in [2.24, 2.45) is 0 Å². The Morgan fingerprint density at radius 2 is 2.18 bits per heavy atom. The third kappa shape index (κ3) is 3.60. The summed E-state index contributed by atoms with van der Waals surface area (Å²) in [7, 11) is -3.82. The van der Waals surface area contributed by atoms with Crippen LogP contribution in [-0.2, 0) is 10.0 Å². The summed E-state index contributed by atoms with van der Waals surface area (Å²) in [5.74, 6) is 0. The fourth-order valence-corrected chi connectivity index (χ4v) is 1.97. The van der Waals surface area contributed by atoms with E-state index in [0.29, 0.717) is 0 Å². The molecule has 0 aromatic carbocycles. The molecule has 0 saturated carbocycles. The van der Waals surface area contributed by atoms with Crippen LogP contribution in [0.3, 0.4) is 0 Å². The van der Waals surface area contributed by atoms with Crippen molar-refractivity contribution in [3.05, 3.63) is 16.2 Å². The minimum absolute atomic E-state index is 0. The number of sulfonamides is 1. The molecule has 0 spiro atoms. The Balaban J connectivity index is 0.000001000. The van der Waals surface area contributed by atoms with E-state index < -0.39 is 10.0 Å². The molecule has 0 radical (unpaired) electrons. The van der Waals surface area contributed by atoms with Gasteiger partial charge in [-0.15, -0.1) is 11.3 Å². The topological polar surface area (TPSA) is 70.8 Å². The van der Waals surface area contributed by atoms with Gasteiger partial charge >= 0.3 is 51.4 Å². The smallest absolute Gasteiger partial charge is 0.558 e. The first-order valence-corrected chi connectivity index (χ1v) is 4.72. The Labute approximate surface area is 112 Å². The number of thiazole rings is 1. The van der Waals surface area contributed by atoms with Gasteiger partial charge in [0.2, 0.25) is 0 Å². The van der Waals surface area contributed by atoms with Crippen LogP contribution in [0.2, 0.25) is 0 Å². The third-order valence-corrected chi connectivity index (χ3v) is 3.01. The molecule has 7 heteroatoms. The number of rotatable bonds is 1. The molecule has 11 heavy (non-hydrogen) atoms. The van der Waals surface area contributed by atoms with Crippen molar-refractivity contribution >= 4 is 21.4 Å². The molecule has 0 aliphatic rings. The normalized spacial score (nSPS) is 10.7. The maximum absolute atomic E-state index is 10.5. The van der Waals surface area contributed by atoms with Crippen molar-refractivity contribution in [3.63, 3.8) is 0 Å². The Kier molecular flexibility index (Phi) is 4.90. The summed E-state index contributed by atoms with van der Waals surface area (Å²) in [6, 6.07) is 0. The minimum atomic E-state index is -3.82. The number of aromatic nitrogens is 1.